The van der Waals surface area contributed by atoms with E-state index in [0.717, 1.165) is 18.4 Å². The van der Waals surface area contributed by atoms with E-state index < -0.39 is 38.0 Å². The van der Waals surface area contributed by atoms with Crippen molar-refractivity contribution in [2.24, 2.45) is 0 Å². The third kappa shape index (κ3) is 8.51. The van der Waals surface area contributed by atoms with E-state index >= 15 is 0 Å². The van der Waals surface area contributed by atoms with E-state index in [4.69, 9.17) is 4.42 Å². The minimum Gasteiger partial charge on any atom is -0.465 e. The molecule has 0 fully saturated rings. The number of benzene rings is 2. The van der Waals surface area contributed by atoms with E-state index in [9.17, 15) is 41.4 Å². The van der Waals surface area contributed by atoms with Gasteiger partial charge in [-0.2, -0.15) is 0 Å². The van der Waals surface area contributed by atoms with Gasteiger partial charge in [0.05, 0.1) is 22.9 Å². The van der Waals surface area contributed by atoms with Gasteiger partial charge in [0, 0.05) is 90.5 Å². The quantitative estimate of drug-likeness (QED) is 0.0910. The van der Waals surface area contributed by atoms with Gasteiger partial charge in [0.2, 0.25) is 20.0 Å². The van der Waals surface area contributed by atoms with Crippen LogP contribution in [0.2, 0.25) is 0 Å². The molecule has 2 amide bonds. The molecule has 46 heavy (non-hydrogen) atoms. The maximum atomic E-state index is 12.6. The van der Waals surface area contributed by atoms with Crippen molar-refractivity contribution in [2.45, 2.75) is 6.92 Å². The first-order valence-corrected chi connectivity index (χ1v) is 17.4. The normalized spacial score (nSPS) is 12.3. The van der Waals surface area contributed by atoms with Gasteiger partial charge < -0.3 is 25.3 Å². The molecule has 16 nitrogen and oxygen atoms in total. The topological polar surface area (TPSA) is 210 Å². The van der Waals surface area contributed by atoms with Gasteiger partial charge in [0.25, 0.3) is 0 Å². The van der Waals surface area contributed by atoms with Crippen LogP contribution >= 0.6 is 0 Å². The number of sulfonamides is 2. The number of ketones is 1. The summed E-state index contributed by atoms with van der Waals surface area (Å²) in [6.07, 6.45) is -2.69. The maximum absolute atomic E-state index is 12.6. The molecule has 0 radical (unpaired) electrons. The highest BCUT2D eigenvalue weighted by Gasteiger charge is 2.30. The Morgan fingerprint density at radius 2 is 1.15 bits per heavy atom. The first kappa shape index (κ1) is 36.7. The van der Waals surface area contributed by atoms with Gasteiger partial charge >= 0.3 is 12.2 Å². The molecule has 0 saturated carbocycles. The highest BCUT2D eigenvalue weighted by atomic mass is 32.2. The highest BCUT2D eigenvalue weighted by molar-refractivity contribution is 7.89. The average Bonchev–Trinajstić information content (AvgIpc) is 3.41. The number of hydrogen-bond donors (Lipinski definition) is 4. The van der Waals surface area contributed by atoms with Crippen molar-refractivity contribution in [3.05, 3.63) is 36.1 Å². The molecule has 4 N–H and O–H groups in total. The lowest BCUT2D eigenvalue weighted by Gasteiger charge is -2.26. The van der Waals surface area contributed by atoms with Crippen molar-refractivity contribution in [3.63, 3.8) is 0 Å². The molecule has 2 aromatic carbocycles. The summed E-state index contributed by atoms with van der Waals surface area (Å²) >= 11 is 0. The lowest BCUT2D eigenvalue weighted by molar-refractivity contribution is 0.0989. The molecule has 3 rings (SSSR count). The number of carbonyl (C=O) groups excluding carboxylic acids is 1. The largest absolute Gasteiger partial charge is 0.465 e. The van der Waals surface area contributed by atoms with Crippen molar-refractivity contribution in [1.82, 2.24) is 19.2 Å². The highest BCUT2D eigenvalue weighted by Crippen LogP contribution is 2.45. The van der Waals surface area contributed by atoms with Crippen LogP contribution in [0, 0.1) is 0 Å². The van der Waals surface area contributed by atoms with Crippen molar-refractivity contribution < 1.29 is 45.8 Å². The Bertz CT molecular complexity index is 1680. The minimum atomic E-state index is -3.46. The number of nitrogens with zero attached hydrogens (tertiary/aromatic N) is 4. The SMILES string of the molecule is CC(=O)c1cc2c(N(CCNCCS(=O)(=O)N(C)C)C(=O)O)c3ccccc3c(N(CCNCCS(=O)(=O)N(C)C)C(=O)O)c2o1. The molecule has 0 unspecified atom stereocenters. The van der Waals surface area contributed by atoms with E-state index in [1.807, 2.05) is 0 Å². The number of anilines is 2. The van der Waals surface area contributed by atoms with E-state index in [1.165, 1.54) is 41.2 Å². The monoisotopic (exact) mass is 684 g/mol. The molecular formula is C28H40N6O10S2. The lowest BCUT2D eigenvalue weighted by Crippen LogP contribution is -2.39. The minimum absolute atomic E-state index is 0.0206. The summed E-state index contributed by atoms with van der Waals surface area (Å²) in [5.41, 5.74) is 0.236. The van der Waals surface area contributed by atoms with Crippen LogP contribution in [0.5, 0.6) is 0 Å². The molecule has 18 heteroatoms. The van der Waals surface area contributed by atoms with Crippen molar-refractivity contribution in [2.75, 3.05) is 88.8 Å². The Labute approximate surface area is 267 Å². The molecular weight excluding hydrogens is 644 g/mol. The molecule has 1 aromatic heterocycles. The van der Waals surface area contributed by atoms with Crippen LogP contribution in [0.4, 0.5) is 21.0 Å². The summed E-state index contributed by atoms with van der Waals surface area (Å²) < 4.78 is 56.4. The molecule has 0 aliphatic heterocycles. The van der Waals surface area contributed by atoms with Crippen molar-refractivity contribution in [1.29, 1.82) is 0 Å². The molecule has 0 spiro atoms. The third-order valence-electron chi connectivity index (χ3n) is 7.20. The first-order chi connectivity index (χ1) is 21.5. The Kier molecular flexibility index (Phi) is 12.1. The first-order valence-electron chi connectivity index (χ1n) is 14.2. The Morgan fingerprint density at radius 1 is 0.717 bits per heavy atom. The summed E-state index contributed by atoms with van der Waals surface area (Å²) in [5, 5.41) is 27.3. The van der Waals surface area contributed by atoms with Crippen LogP contribution < -0.4 is 20.4 Å². The zero-order valence-corrected chi connectivity index (χ0v) is 27.9. The Morgan fingerprint density at radius 3 is 1.57 bits per heavy atom. The number of hydrogen-bond acceptors (Lipinski definition) is 10. The fourth-order valence-corrected chi connectivity index (χ4v) is 6.18. The molecule has 0 aliphatic carbocycles. The van der Waals surface area contributed by atoms with E-state index in [2.05, 4.69) is 10.6 Å². The van der Waals surface area contributed by atoms with Crippen LogP contribution in [-0.2, 0) is 20.0 Å². The number of furan rings is 1. The number of nitrogens with one attached hydrogen (secondary N) is 2. The summed E-state index contributed by atoms with van der Waals surface area (Å²) in [5.74, 6) is -0.958. The zero-order chi connectivity index (χ0) is 34.4. The number of carbonyl (C=O) groups is 3. The molecule has 0 saturated heterocycles. The number of Topliss-reactive ketones (excluding diaryl/α,β-unsaturated/α-hetero) is 1. The second-order valence-corrected chi connectivity index (χ2v) is 15.3. The van der Waals surface area contributed by atoms with E-state index in [1.54, 1.807) is 24.3 Å². The fourth-order valence-electron chi connectivity index (χ4n) is 4.64. The number of amides is 2. The third-order valence-corrected chi connectivity index (χ3v) is 10.9. The van der Waals surface area contributed by atoms with Crippen LogP contribution in [0.15, 0.2) is 34.7 Å². The van der Waals surface area contributed by atoms with Gasteiger partial charge in [0.15, 0.2) is 17.1 Å². The van der Waals surface area contributed by atoms with Crippen molar-refractivity contribution >= 4 is 71.1 Å². The number of fused-ring (bicyclic) bond motifs is 2. The van der Waals surface area contributed by atoms with Crippen LogP contribution in [0.25, 0.3) is 21.7 Å². The molecule has 254 valence electrons. The smallest absolute Gasteiger partial charge is 0.412 e. The summed E-state index contributed by atoms with van der Waals surface area (Å²) in [6, 6.07) is 7.93. The van der Waals surface area contributed by atoms with Gasteiger partial charge in [-0.15, -0.1) is 0 Å². The van der Waals surface area contributed by atoms with Crippen LogP contribution in [-0.4, -0.2) is 133 Å². The number of rotatable bonds is 17. The lowest BCUT2D eigenvalue weighted by atomic mass is 10.0. The summed E-state index contributed by atoms with van der Waals surface area (Å²) in [6.45, 7) is 1.32. The Hall–Kier alpha value is -3.81. The summed E-state index contributed by atoms with van der Waals surface area (Å²) in [4.78, 5) is 39.7. The fraction of sp³-hybridized carbons (Fsp3) is 0.464. The summed E-state index contributed by atoms with van der Waals surface area (Å²) in [7, 11) is -1.25. The average molecular weight is 685 g/mol. The van der Waals surface area contributed by atoms with Crippen LogP contribution in [0.1, 0.15) is 17.5 Å². The zero-order valence-electron chi connectivity index (χ0n) is 26.3. The van der Waals surface area contributed by atoms with Crippen molar-refractivity contribution in [3.8, 4) is 0 Å². The number of carboxylic acid groups (broad SMARTS) is 2. The van der Waals surface area contributed by atoms with Gasteiger partial charge in [-0.1, -0.05) is 24.3 Å². The van der Waals surface area contributed by atoms with E-state index in [0.29, 0.717) is 10.8 Å². The molecule has 1 heterocycles. The van der Waals surface area contributed by atoms with Gasteiger partial charge in [-0.3, -0.25) is 14.6 Å². The molecule has 0 aliphatic rings. The van der Waals surface area contributed by atoms with Gasteiger partial charge in [-0.05, 0) is 6.07 Å². The standard InChI is InChI=1S/C28H40N6O10S2/c1-19(35)23-18-22-24(33(27(36)37)14-10-29-12-16-45(40,41)31(2)3)20-8-6-7-9-21(20)25(26(22)44-23)34(28(38)39)15-11-30-13-17-46(42,43)32(4)5/h6-9,18,29-30H,10-17H2,1-5H3,(H,36,37)(H,38,39). The second-order valence-electron chi connectivity index (χ2n) is 10.7. The molecule has 0 atom stereocenters. The second kappa shape index (κ2) is 15.2. The van der Waals surface area contributed by atoms with Gasteiger partial charge in [-0.25, -0.2) is 35.0 Å². The maximum Gasteiger partial charge on any atom is 0.412 e. The molecule has 0 bridgehead atoms. The predicted molar refractivity (Wildman–Crippen MR) is 175 cm³/mol. The van der Waals surface area contributed by atoms with Gasteiger partial charge in [0.1, 0.15) is 0 Å². The Balaban J connectivity index is 2.04. The van der Waals surface area contributed by atoms with Crippen LogP contribution in [0.3, 0.4) is 0 Å². The molecule has 3 aromatic rings. The van der Waals surface area contributed by atoms with E-state index in [-0.39, 0.29) is 78.9 Å². The predicted octanol–water partition coefficient (Wildman–Crippen LogP) is 1.72.